The lowest BCUT2D eigenvalue weighted by Gasteiger charge is -2.32. The van der Waals surface area contributed by atoms with Crippen molar-refractivity contribution >= 4 is 28.9 Å². The van der Waals surface area contributed by atoms with Crippen LogP contribution < -0.4 is 15.7 Å². The maximum absolute atomic E-state index is 13.7. The smallest absolute Gasteiger partial charge is 0.407 e. The van der Waals surface area contributed by atoms with Crippen molar-refractivity contribution in [1.82, 2.24) is 24.3 Å². The minimum Gasteiger partial charge on any atom is -0.497 e. The maximum atomic E-state index is 13.7. The van der Waals surface area contributed by atoms with Crippen LogP contribution in [0, 0.1) is 0 Å². The lowest BCUT2D eigenvalue weighted by atomic mass is 10.0. The van der Waals surface area contributed by atoms with Crippen LogP contribution in [0.5, 0.6) is 5.75 Å². The highest BCUT2D eigenvalue weighted by Crippen LogP contribution is 2.30. The first-order valence-corrected chi connectivity index (χ1v) is 17.4. The minimum absolute atomic E-state index is 0.140. The number of aromatic nitrogens is 2. The molecule has 0 saturated carbocycles. The van der Waals surface area contributed by atoms with E-state index in [-0.39, 0.29) is 49.0 Å². The summed E-state index contributed by atoms with van der Waals surface area (Å²) in [4.78, 5) is 56.0. The zero-order valence-electron chi connectivity index (χ0n) is 29.6. The van der Waals surface area contributed by atoms with E-state index < -0.39 is 11.6 Å². The summed E-state index contributed by atoms with van der Waals surface area (Å²) in [5, 5.41) is 3.00. The fourth-order valence-electron chi connectivity index (χ4n) is 6.91. The summed E-state index contributed by atoms with van der Waals surface area (Å²) in [5.74, 6) is 0.0892. The van der Waals surface area contributed by atoms with E-state index in [9.17, 15) is 19.2 Å². The molecule has 6 rings (SSSR count). The van der Waals surface area contributed by atoms with Gasteiger partial charge in [-0.2, -0.15) is 0 Å². The van der Waals surface area contributed by atoms with Crippen LogP contribution in [-0.4, -0.2) is 75.2 Å². The molecule has 3 heterocycles. The van der Waals surface area contributed by atoms with Gasteiger partial charge in [-0.1, -0.05) is 42.5 Å². The quantitative estimate of drug-likeness (QED) is 0.234. The van der Waals surface area contributed by atoms with Gasteiger partial charge in [0.15, 0.2) is 0 Å². The van der Waals surface area contributed by atoms with E-state index in [1.54, 1.807) is 35.4 Å². The van der Waals surface area contributed by atoms with Crippen LogP contribution in [0.25, 0.3) is 22.2 Å². The Hall–Kier alpha value is -4.90. The highest BCUT2D eigenvalue weighted by Gasteiger charge is 2.37. The predicted molar refractivity (Wildman–Crippen MR) is 192 cm³/mol. The average Bonchev–Trinajstić information content (AvgIpc) is 3.34. The van der Waals surface area contributed by atoms with Crippen molar-refractivity contribution < 1.29 is 23.9 Å². The fourth-order valence-corrected chi connectivity index (χ4v) is 6.91. The van der Waals surface area contributed by atoms with Gasteiger partial charge in [0, 0.05) is 39.1 Å². The molecule has 1 unspecified atom stereocenters. The van der Waals surface area contributed by atoms with E-state index in [4.69, 9.17) is 9.47 Å². The number of ether oxygens (including phenoxy) is 2. The Morgan fingerprint density at radius 1 is 0.860 bits per heavy atom. The first-order valence-electron chi connectivity index (χ1n) is 17.4. The van der Waals surface area contributed by atoms with Crippen molar-refractivity contribution in [2.24, 2.45) is 7.05 Å². The number of amides is 3. The molecule has 0 bridgehead atoms. The molecule has 0 aliphatic carbocycles. The molecule has 50 heavy (non-hydrogen) atoms. The molecule has 3 aromatic carbocycles. The number of benzene rings is 3. The highest BCUT2D eigenvalue weighted by molar-refractivity contribution is 6.00. The number of methoxy groups -OCH3 is 1. The molecule has 4 aromatic rings. The van der Waals surface area contributed by atoms with Gasteiger partial charge in [-0.3, -0.25) is 23.6 Å². The minimum atomic E-state index is -0.765. The third kappa shape index (κ3) is 7.78. The Balaban J connectivity index is 1.09. The molecule has 1 N–H and O–H groups in total. The molecule has 1 aromatic heterocycles. The van der Waals surface area contributed by atoms with E-state index >= 15 is 0 Å². The standard InChI is InChI=1S/C39H47N5O6/c1-39(2,3)50-37(47)40-30-19-22-42(23-20-30)21-18-26-6-10-28(11-7-26)29-12-15-32-34(24-29)41(4)38(48)44(32)33-16-17-35(45)43(36(33)46)25-27-8-13-31(49-5)14-9-27/h6-15,24,30,33H,16-23,25H2,1-5H3,(H,40,47). The normalized spacial score (nSPS) is 17.7. The molecule has 2 aliphatic rings. The highest BCUT2D eigenvalue weighted by atomic mass is 16.6. The lowest BCUT2D eigenvalue weighted by molar-refractivity contribution is -0.151. The van der Waals surface area contributed by atoms with E-state index in [1.807, 2.05) is 51.1 Å². The number of imide groups is 1. The van der Waals surface area contributed by atoms with Gasteiger partial charge >= 0.3 is 11.8 Å². The van der Waals surface area contributed by atoms with Crippen LogP contribution in [0.1, 0.15) is 63.6 Å². The van der Waals surface area contributed by atoms with Gasteiger partial charge in [-0.05, 0) is 93.0 Å². The van der Waals surface area contributed by atoms with Gasteiger partial charge in [0.05, 0.1) is 24.7 Å². The van der Waals surface area contributed by atoms with Gasteiger partial charge in [-0.25, -0.2) is 9.59 Å². The molecule has 11 nitrogen and oxygen atoms in total. The Kier molecular flexibility index (Phi) is 10.2. The zero-order chi connectivity index (χ0) is 35.6. The molecule has 264 valence electrons. The number of fused-ring (bicyclic) bond motifs is 1. The SMILES string of the molecule is COc1ccc(CN2C(=O)CCC(n3c(=O)n(C)c4cc(-c5ccc(CCN6CCC(NC(=O)OC(C)(C)C)CC6)cc5)ccc43)C2=O)cc1. The lowest BCUT2D eigenvalue weighted by Crippen LogP contribution is -2.47. The van der Waals surface area contributed by atoms with Crippen molar-refractivity contribution in [3.8, 4) is 16.9 Å². The molecule has 2 saturated heterocycles. The van der Waals surface area contributed by atoms with Crippen molar-refractivity contribution in [1.29, 1.82) is 0 Å². The number of likely N-dealkylation sites (tertiary alicyclic amines) is 2. The molecule has 11 heteroatoms. The van der Waals surface area contributed by atoms with Gasteiger partial charge in [-0.15, -0.1) is 0 Å². The summed E-state index contributed by atoms with van der Waals surface area (Å²) in [7, 11) is 3.31. The molecule has 0 spiro atoms. The van der Waals surface area contributed by atoms with Crippen molar-refractivity contribution in [3.05, 3.63) is 88.3 Å². The van der Waals surface area contributed by atoms with E-state index in [2.05, 4.69) is 34.5 Å². The first kappa shape index (κ1) is 34.9. The Morgan fingerprint density at radius 3 is 2.18 bits per heavy atom. The first-order chi connectivity index (χ1) is 23.9. The maximum Gasteiger partial charge on any atom is 0.407 e. The van der Waals surface area contributed by atoms with Gasteiger partial charge in [0.25, 0.3) is 5.91 Å². The van der Waals surface area contributed by atoms with E-state index in [1.165, 1.54) is 10.5 Å². The Morgan fingerprint density at radius 2 is 1.52 bits per heavy atom. The van der Waals surface area contributed by atoms with Crippen LogP contribution >= 0.6 is 0 Å². The average molecular weight is 682 g/mol. The Bertz CT molecular complexity index is 1910. The number of nitrogens with zero attached hydrogens (tertiary/aromatic N) is 4. The topological polar surface area (TPSA) is 115 Å². The molecule has 2 fully saturated rings. The fraction of sp³-hybridized carbons (Fsp3) is 0.436. The van der Waals surface area contributed by atoms with Crippen LogP contribution in [0.3, 0.4) is 0 Å². The summed E-state index contributed by atoms with van der Waals surface area (Å²) < 4.78 is 13.8. The number of hydrogen-bond acceptors (Lipinski definition) is 7. The second-order valence-corrected chi connectivity index (χ2v) is 14.3. The second kappa shape index (κ2) is 14.5. The van der Waals surface area contributed by atoms with Crippen molar-refractivity contribution in [2.45, 2.75) is 77.1 Å². The third-order valence-corrected chi connectivity index (χ3v) is 9.70. The van der Waals surface area contributed by atoms with Crippen molar-refractivity contribution in [2.75, 3.05) is 26.7 Å². The summed E-state index contributed by atoms with van der Waals surface area (Å²) >= 11 is 0. The number of carbonyl (C=O) groups excluding carboxylic acids is 3. The van der Waals surface area contributed by atoms with E-state index in [0.29, 0.717) is 11.3 Å². The second-order valence-electron chi connectivity index (χ2n) is 14.3. The van der Waals surface area contributed by atoms with Crippen LogP contribution in [0.2, 0.25) is 0 Å². The molecule has 3 amide bonds. The van der Waals surface area contributed by atoms with Crippen molar-refractivity contribution in [3.63, 3.8) is 0 Å². The molecule has 2 aliphatic heterocycles. The molecular formula is C39H47N5O6. The summed E-state index contributed by atoms with van der Waals surface area (Å²) in [6.07, 6.45) is 2.84. The predicted octanol–water partition coefficient (Wildman–Crippen LogP) is 5.44. The number of rotatable bonds is 9. The number of imidazole rings is 1. The number of piperidine rings is 2. The van der Waals surface area contributed by atoms with Gasteiger partial charge in [0.1, 0.15) is 17.4 Å². The van der Waals surface area contributed by atoms with Crippen LogP contribution in [0.4, 0.5) is 4.79 Å². The molecular weight excluding hydrogens is 634 g/mol. The number of nitrogens with one attached hydrogen (secondary N) is 1. The molecule has 1 atom stereocenters. The number of hydrogen-bond donors (Lipinski definition) is 1. The van der Waals surface area contributed by atoms with Gasteiger partial charge in [0.2, 0.25) is 5.91 Å². The van der Waals surface area contributed by atoms with Gasteiger partial charge < -0.3 is 19.7 Å². The largest absolute Gasteiger partial charge is 0.497 e. The number of alkyl carbamates (subject to hydrolysis) is 1. The summed E-state index contributed by atoms with van der Waals surface area (Å²) in [5.41, 5.74) is 4.68. The monoisotopic (exact) mass is 681 g/mol. The van der Waals surface area contributed by atoms with E-state index in [0.717, 1.165) is 61.1 Å². The summed E-state index contributed by atoms with van der Waals surface area (Å²) in [6.45, 7) is 8.56. The van der Waals surface area contributed by atoms with Crippen LogP contribution in [0.15, 0.2) is 71.5 Å². The third-order valence-electron chi connectivity index (χ3n) is 9.70. The molecule has 0 radical (unpaired) electrons. The zero-order valence-corrected chi connectivity index (χ0v) is 29.6. The van der Waals surface area contributed by atoms with Crippen LogP contribution in [-0.2, 0) is 34.3 Å². The number of carbonyl (C=O) groups is 3. The summed E-state index contributed by atoms with van der Waals surface area (Å²) in [6, 6.07) is 21.0. The Labute approximate surface area is 292 Å². The number of aryl methyl sites for hydroxylation is 1.